The van der Waals surface area contributed by atoms with Crippen molar-refractivity contribution in [1.29, 1.82) is 0 Å². The van der Waals surface area contributed by atoms with Crippen molar-refractivity contribution in [2.75, 3.05) is 19.8 Å². The van der Waals surface area contributed by atoms with E-state index < -0.39 is 5.82 Å². The molecule has 1 aromatic rings. The fraction of sp³-hybridized carbons (Fsp3) is 0.533. The van der Waals surface area contributed by atoms with Crippen LogP contribution in [0, 0.1) is 12.7 Å². The second-order valence-corrected chi connectivity index (χ2v) is 5.57. The highest BCUT2D eigenvalue weighted by Crippen LogP contribution is 2.20. The molecule has 0 bridgehead atoms. The first kappa shape index (κ1) is 14.9. The predicted octanol–water partition coefficient (Wildman–Crippen LogP) is 1.62. The minimum atomic E-state index is -0.473. The number of amides is 1. The van der Waals surface area contributed by atoms with Gasteiger partial charge < -0.3 is 10.0 Å². The van der Waals surface area contributed by atoms with Gasteiger partial charge in [0.1, 0.15) is 5.82 Å². The Balaban J connectivity index is 2.24. The molecule has 1 heterocycles. The van der Waals surface area contributed by atoms with Gasteiger partial charge in [-0.3, -0.25) is 9.69 Å². The largest absolute Gasteiger partial charge is 0.381 e. The molecular formula is C15H21FN2O2. The second kappa shape index (κ2) is 5.89. The maximum Gasteiger partial charge on any atom is 0.257 e. The number of halogens is 1. The molecule has 0 aliphatic carbocycles. The van der Waals surface area contributed by atoms with Crippen molar-refractivity contribution >= 4 is 5.91 Å². The Labute approximate surface area is 118 Å². The molecule has 0 spiro atoms. The fourth-order valence-corrected chi connectivity index (χ4v) is 2.88. The lowest BCUT2D eigenvalue weighted by molar-refractivity contribution is 0.000222. The maximum atomic E-state index is 14.0. The molecule has 5 heteroatoms. The highest BCUT2D eigenvalue weighted by atomic mass is 19.1. The normalized spacial score (nSPS) is 23.9. The third-order valence-corrected chi connectivity index (χ3v) is 3.78. The summed E-state index contributed by atoms with van der Waals surface area (Å²) < 4.78 is 14.0. The van der Waals surface area contributed by atoms with Crippen molar-refractivity contribution in [2.45, 2.75) is 32.9 Å². The van der Waals surface area contributed by atoms with Crippen LogP contribution in [0.4, 0.5) is 4.39 Å². The molecule has 0 saturated carbocycles. The molecule has 0 aromatic heterocycles. The molecule has 1 aliphatic rings. The van der Waals surface area contributed by atoms with Crippen molar-refractivity contribution in [3.05, 3.63) is 35.1 Å². The molecular weight excluding hydrogens is 259 g/mol. The number of rotatable bonds is 2. The number of aryl methyl sites for hydroxylation is 1. The van der Waals surface area contributed by atoms with Crippen LogP contribution in [0.1, 0.15) is 29.8 Å². The van der Waals surface area contributed by atoms with E-state index in [1.54, 1.807) is 24.0 Å². The number of nitrogens with zero attached hydrogens (tertiary/aromatic N) is 2. The fourth-order valence-electron chi connectivity index (χ4n) is 2.88. The van der Waals surface area contributed by atoms with E-state index in [-0.39, 0.29) is 30.3 Å². The number of piperazine rings is 1. The summed E-state index contributed by atoms with van der Waals surface area (Å²) in [7, 11) is 0. The molecule has 1 fully saturated rings. The Bertz CT molecular complexity index is 495. The summed E-state index contributed by atoms with van der Waals surface area (Å²) in [6, 6.07) is 4.56. The highest BCUT2D eigenvalue weighted by Gasteiger charge is 2.33. The Hall–Kier alpha value is -1.46. The van der Waals surface area contributed by atoms with Crippen LogP contribution in [0.5, 0.6) is 0 Å². The van der Waals surface area contributed by atoms with E-state index in [2.05, 4.69) is 0 Å². The first-order chi connectivity index (χ1) is 9.43. The molecule has 4 nitrogen and oxygen atoms in total. The van der Waals surface area contributed by atoms with Gasteiger partial charge in [-0.05, 0) is 38.5 Å². The Kier molecular flexibility index (Phi) is 4.40. The lowest BCUT2D eigenvalue weighted by atomic mass is 10.0. The van der Waals surface area contributed by atoms with Gasteiger partial charge in [0.2, 0.25) is 0 Å². The van der Waals surface area contributed by atoms with Crippen LogP contribution in [0.3, 0.4) is 0 Å². The van der Waals surface area contributed by atoms with Gasteiger partial charge in [0, 0.05) is 25.2 Å². The standard InChI is InChI=1S/C15H21FN2O2/c1-10-4-5-13(14(16)6-10)15(20)18-11(2)7-17(9-19)8-12(18)3/h4-6,11-12,19H,7-9H2,1-3H3/t11-,12-/m1/s1. The van der Waals surface area contributed by atoms with E-state index in [0.717, 1.165) is 5.56 Å². The van der Waals surface area contributed by atoms with Crippen molar-refractivity contribution in [1.82, 2.24) is 9.80 Å². The molecule has 110 valence electrons. The number of hydrogen-bond donors (Lipinski definition) is 1. The summed E-state index contributed by atoms with van der Waals surface area (Å²) in [5, 5.41) is 9.21. The van der Waals surface area contributed by atoms with Crippen molar-refractivity contribution < 1.29 is 14.3 Å². The molecule has 20 heavy (non-hydrogen) atoms. The van der Waals surface area contributed by atoms with E-state index in [0.29, 0.717) is 13.1 Å². The highest BCUT2D eigenvalue weighted by molar-refractivity contribution is 5.95. The zero-order valence-corrected chi connectivity index (χ0v) is 12.1. The van der Waals surface area contributed by atoms with Crippen molar-refractivity contribution in [2.24, 2.45) is 0 Å². The van der Waals surface area contributed by atoms with Crippen LogP contribution in [-0.2, 0) is 0 Å². The number of carbonyl (C=O) groups is 1. The first-order valence-corrected chi connectivity index (χ1v) is 6.86. The molecule has 0 unspecified atom stereocenters. The van der Waals surface area contributed by atoms with Gasteiger partial charge in [0.05, 0.1) is 12.3 Å². The van der Waals surface area contributed by atoms with E-state index in [1.165, 1.54) is 6.07 Å². The zero-order valence-electron chi connectivity index (χ0n) is 12.1. The molecule has 2 rings (SSSR count). The van der Waals surface area contributed by atoms with Gasteiger partial charge in [0.15, 0.2) is 0 Å². The topological polar surface area (TPSA) is 43.8 Å². The number of aliphatic hydroxyl groups is 1. The van der Waals surface area contributed by atoms with Gasteiger partial charge in [0.25, 0.3) is 5.91 Å². The maximum absolute atomic E-state index is 14.0. The predicted molar refractivity (Wildman–Crippen MR) is 74.9 cm³/mol. The first-order valence-electron chi connectivity index (χ1n) is 6.86. The van der Waals surface area contributed by atoms with Gasteiger partial charge in [-0.1, -0.05) is 6.07 Å². The second-order valence-electron chi connectivity index (χ2n) is 5.57. The Morgan fingerprint density at radius 1 is 1.35 bits per heavy atom. The lowest BCUT2D eigenvalue weighted by Gasteiger charge is -2.43. The lowest BCUT2D eigenvalue weighted by Crippen LogP contribution is -2.58. The average molecular weight is 280 g/mol. The molecule has 1 N–H and O–H groups in total. The monoisotopic (exact) mass is 280 g/mol. The van der Waals surface area contributed by atoms with Gasteiger partial charge in [-0.15, -0.1) is 0 Å². The SMILES string of the molecule is Cc1ccc(C(=O)N2[C@H](C)CN(CO)C[C@H]2C)c(F)c1. The Morgan fingerprint density at radius 3 is 2.45 bits per heavy atom. The molecule has 0 radical (unpaired) electrons. The van der Waals surface area contributed by atoms with Crippen molar-refractivity contribution in [3.63, 3.8) is 0 Å². The molecule has 1 saturated heterocycles. The van der Waals surface area contributed by atoms with Crippen LogP contribution in [0.2, 0.25) is 0 Å². The van der Waals surface area contributed by atoms with E-state index in [4.69, 9.17) is 0 Å². The number of aliphatic hydroxyl groups excluding tert-OH is 1. The third kappa shape index (κ3) is 2.83. The van der Waals surface area contributed by atoms with Crippen LogP contribution >= 0.6 is 0 Å². The molecule has 1 amide bonds. The van der Waals surface area contributed by atoms with E-state index in [9.17, 15) is 14.3 Å². The third-order valence-electron chi connectivity index (χ3n) is 3.78. The summed E-state index contributed by atoms with van der Waals surface area (Å²) in [4.78, 5) is 16.1. The van der Waals surface area contributed by atoms with Gasteiger partial charge >= 0.3 is 0 Å². The van der Waals surface area contributed by atoms with Crippen LogP contribution in [0.15, 0.2) is 18.2 Å². The summed E-state index contributed by atoms with van der Waals surface area (Å²) in [6.45, 7) is 6.81. The molecule has 1 aromatic carbocycles. The minimum Gasteiger partial charge on any atom is -0.381 e. The summed E-state index contributed by atoms with van der Waals surface area (Å²) in [5.74, 6) is -0.751. The van der Waals surface area contributed by atoms with Crippen molar-refractivity contribution in [3.8, 4) is 0 Å². The minimum absolute atomic E-state index is 0.0183. The Morgan fingerprint density at radius 2 is 1.95 bits per heavy atom. The summed E-state index contributed by atoms with van der Waals surface area (Å²) in [5.41, 5.74) is 0.914. The van der Waals surface area contributed by atoms with Crippen LogP contribution in [0.25, 0.3) is 0 Å². The quantitative estimate of drug-likeness (QED) is 0.895. The zero-order chi connectivity index (χ0) is 14.9. The van der Waals surface area contributed by atoms with Gasteiger partial charge in [-0.2, -0.15) is 0 Å². The summed E-state index contributed by atoms with van der Waals surface area (Å²) >= 11 is 0. The average Bonchev–Trinajstić information content (AvgIpc) is 2.37. The van der Waals surface area contributed by atoms with E-state index in [1.807, 2.05) is 18.7 Å². The van der Waals surface area contributed by atoms with Crippen LogP contribution in [-0.4, -0.2) is 52.7 Å². The molecule has 1 aliphatic heterocycles. The van der Waals surface area contributed by atoms with Gasteiger partial charge in [-0.25, -0.2) is 4.39 Å². The number of hydrogen-bond acceptors (Lipinski definition) is 3. The summed E-state index contributed by atoms with van der Waals surface area (Å²) in [6.07, 6.45) is 0. The number of carbonyl (C=O) groups excluding carboxylic acids is 1. The van der Waals surface area contributed by atoms with E-state index >= 15 is 0 Å². The van der Waals surface area contributed by atoms with Crippen LogP contribution < -0.4 is 0 Å². The number of benzene rings is 1. The molecule has 2 atom stereocenters. The smallest absolute Gasteiger partial charge is 0.257 e.